The van der Waals surface area contributed by atoms with Crippen LogP contribution in [0.2, 0.25) is 78.6 Å². The van der Waals surface area contributed by atoms with E-state index in [0.717, 1.165) is 0 Å². The van der Waals surface area contributed by atoms with Gasteiger partial charge in [0.15, 0.2) is 45.5 Å². The van der Waals surface area contributed by atoms with Crippen molar-refractivity contribution in [2.75, 3.05) is 6.61 Å². The molecule has 166 valence electrons. The van der Waals surface area contributed by atoms with E-state index in [2.05, 4.69) is 78.6 Å². The molecule has 1 saturated heterocycles. The standard InChI is InChI=1S/C18H42O6Si4/c1-25(2,3)20-13-14(22-26(4,5)6)15-16(23-27(7,8)9)17(18(19)21-15)24-28(10,11)12/h14-17H,13H2,1-12H3/t14-,15+,16-,17+/m0/s1. The van der Waals surface area contributed by atoms with Crippen LogP contribution in [0.1, 0.15) is 0 Å². The van der Waals surface area contributed by atoms with Gasteiger partial charge in [0.05, 0.1) is 6.61 Å². The van der Waals surface area contributed by atoms with Crippen LogP contribution >= 0.6 is 0 Å². The van der Waals surface area contributed by atoms with Crippen molar-refractivity contribution in [3.63, 3.8) is 0 Å². The van der Waals surface area contributed by atoms with E-state index in [-0.39, 0.29) is 12.1 Å². The molecule has 4 atom stereocenters. The van der Waals surface area contributed by atoms with Gasteiger partial charge in [-0.25, -0.2) is 4.79 Å². The minimum atomic E-state index is -1.96. The lowest BCUT2D eigenvalue weighted by Crippen LogP contribution is -2.53. The van der Waals surface area contributed by atoms with Gasteiger partial charge >= 0.3 is 5.97 Å². The van der Waals surface area contributed by atoms with Gasteiger partial charge in [0, 0.05) is 0 Å². The maximum absolute atomic E-state index is 12.8. The van der Waals surface area contributed by atoms with Crippen molar-refractivity contribution in [1.82, 2.24) is 0 Å². The fraction of sp³-hybridized carbons (Fsp3) is 0.944. The molecular formula is C18H42O6Si4. The molecule has 0 bridgehead atoms. The molecular weight excluding hydrogens is 425 g/mol. The minimum absolute atomic E-state index is 0.340. The van der Waals surface area contributed by atoms with Crippen molar-refractivity contribution in [3.8, 4) is 0 Å². The third-order valence-corrected chi connectivity index (χ3v) is 7.61. The predicted molar refractivity (Wildman–Crippen MR) is 124 cm³/mol. The fourth-order valence-electron chi connectivity index (χ4n) is 2.88. The minimum Gasteiger partial charge on any atom is -0.455 e. The Balaban J connectivity index is 3.20. The zero-order valence-corrected chi connectivity index (χ0v) is 24.0. The summed E-state index contributed by atoms with van der Waals surface area (Å²) in [6.07, 6.45) is -2.01. The smallest absolute Gasteiger partial charge is 0.337 e. The second kappa shape index (κ2) is 9.12. The molecule has 0 aromatic rings. The molecule has 10 heteroatoms. The molecule has 0 radical (unpaired) electrons. The van der Waals surface area contributed by atoms with E-state index in [1.54, 1.807) is 0 Å². The summed E-state index contributed by atoms with van der Waals surface area (Å²) >= 11 is 0. The number of carbonyl (C=O) groups excluding carboxylic acids is 1. The van der Waals surface area contributed by atoms with E-state index in [1.165, 1.54) is 0 Å². The highest BCUT2D eigenvalue weighted by atomic mass is 28.4. The maximum Gasteiger partial charge on any atom is 0.337 e. The normalized spacial score (nSPS) is 25.7. The second-order valence-corrected chi connectivity index (χ2v) is 29.3. The van der Waals surface area contributed by atoms with E-state index >= 15 is 0 Å². The van der Waals surface area contributed by atoms with Crippen LogP contribution in [0.15, 0.2) is 0 Å². The molecule has 1 fully saturated rings. The Labute approximate surface area is 176 Å². The van der Waals surface area contributed by atoms with Crippen LogP contribution in [0.3, 0.4) is 0 Å². The predicted octanol–water partition coefficient (Wildman–Crippen LogP) is 4.42. The first-order chi connectivity index (χ1) is 12.3. The van der Waals surface area contributed by atoms with E-state index in [9.17, 15) is 4.79 Å². The molecule has 0 aliphatic carbocycles. The molecule has 1 heterocycles. The Bertz CT molecular complexity index is 530. The molecule has 0 N–H and O–H groups in total. The van der Waals surface area contributed by atoms with Gasteiger partial charge < -0.3 is 22.4 Å². The third-order valence-electron chi connectivity index (χ3n) is 3.63. The Morgan fingerprint density at radius 3 is 1.68 bits per heavy atom. The quantitative estimate of drug-likeness (QED) is 0.351. The lowest BCUT2D eigenvalue weighted by atomic mass is 10.1. The van der Waals surface area contributed by atoms with E-state index in [0.29, 0.717) is 6.61 Å². The van der Waals surface area contributed by atoms with Gasteiger partial charge in [-0.15, -0.1) is 0 Å². The molecule has 0 saturated carbocycles. The molecule has 1 aliphatic rings. The van der Waals surface area contributed by atoms with E-state index < -0.39 is 51.6 Å². The van der Waals surface area contributed by atoms with E-state index in [4.69, 9.17) is 22.4 Å². The van der Waals surface area contributed by atoms with Crippen molar-refractivity contribution in [1.29, 1.82) is 0 Å². The summed E-state index contributed by atoms with van der Waals surface area (Å²) in [5, 5.41) is 0. The monoisotopic (exact) mass is 466 g/mol. The van der Waals surface area contributed by atoms with Gasteiger partial charge in [0.1, 0.15) is 12.2 Å². The molecule has 6 nitrogen and oxygen atoms in total. The average molecular weight is 467 g/mol. The van der Waals surface area contributed by atoms with Gasteiger partial charge in [-0.1, -0.05) is 0 Å². The van der Waals surface area contributed by atoms with E-state index in [1.807, 2.05) is 0 Å². The largest absolute Gasteiger partial charge is 0.455 e. The van der Waals surface area contributed by atoms with Gasteiger partial charge in [0.2, 0.25) is 0 Å². The second-order valence-electron chi connectivity index (χ2n) is 11.4. The van der Waals surface area contributed by atoms with Crippen LogP contribution in [0.4, 0.5) is 0 Å². The highest BCUT2D eigenvalue weighted by Crippen LogP contribution is 2.31. The average Bonchev–Trinajstić information content (AvgIpc) is 2.66. The summed E-state index contributed by atoms with van der Waals surface area (Å²) in [7, 11) is -7.56. The summed E-state index contributed by atoms with van der Waals surface area (Å²) in [4.78, 5) is 12.8. The Morgan fingerprint density at radius 1 is 0.786 bits per heavy atom. The van der Waals surface area contributed by atoms with Gasteiger partial charge in [-0.05, 0) is 78.6 Å². The summed E-state index contributed by atoms with van der Waals surface area (Å²) < 4.78 is 31.1. The van der Waals surface area contributed by atoms with Crippen LogP contribution in [0.25, 0.3) is 0 Å². The molecule has 1 rings (SSSR count). The van der Waals surface area contributed by atoms with Crippen molar-refractivity contribution in [2.24, 2.45) is 0 Å². The SMILES string of the molecule is C[Si](C)(C)OC[C@H](O[Si](C)(C)C)[C@H]1OC(=O)[C@H](O[Si](C)(C)C)[C@H]1O[Si](C)(C)C. The highest BCUT2D eigenvalue weighted by molar-refractivity contribution is 6.71. The zero-order valence-electron chi connectivity index (χ0n) is 20.0. The lowest BCUT2D eigenvalue weighted by molar-refractivity contribution is -0.150. The zero-order chi connectivity index (χ0) is 22.1. The summed E-state index contributed by atoms with van der Waals surface area (Å²) in [5.41, 5.74) is 0. The van der Waals surface area contributed by atoms with Crippen LogP contribution in [-0.2, 0) is 27.2 Å². The molecule has 28 heavy (non-hydrogen) atoms. The fourth-order valence-corrected chi connectivity index (χ4v) is 6.72. The first-order valence-corrected chi connectivity index (χ1v) is 23.8. The van der Waals surface area contributed by atoms with Gasteiger partial charge in [0.25, 0.3) is 0 Å². The number of rotatable bonds is 10. The molecule has 0 aromatic heterocycles. The number of cyclic esters (lactones) is 1. The lowest BCUT2D eigenvalue weighted by Gasteiger charge is -2.36. The van der Waals surface area contributed by atoms with Crippen LogP contribution in [-0.4, -0.2) is 70.3 Å². The number of ether oxygens (including phenoxy) is 1. The summed E-state index contributed by atoms with van der Waals surface area (Å²) in [6, 6.07) is 0. The first kappa shape index (κ1) is 26.2. The number of hydrogen-bond donors (Lipinski definition) is 0. The number of esters is 1. The first-order valence-electron chi connectivity index (χ1n) is 10.2. The Hall–Kier alpha value is 0.178. The number of hydrogen-bond acceptors (Lipinski definition) is 6. The van der Waals surface area contributed by atoms with Crippen molar-refractivity contribution >= 4 is 39.2 Å². The number of carbonyl (C=O) groups is 1. The highest BCUT2D eigenvalue weighted by Gasteiger charge is 2.53. The molecule has 0 spiro atoms. The van der Waals surface area contributed by atoms with Crippen LogP contribution < -0.4 is 0 Å². The summed E-state index contributed by atoms with van der Waals surface area (Å²) in [6.45, 7) is 25.8. The van der Waals surface area contributed by atoms with Crippen molar-refractivity contribution in [2.45, 2.75) is 103 Å². The van der Waals surface area contributed by atoms with Crippen LogP contribution in [0.5, 0.6) is 0 Å². The molecule has 0 aromatic carbocycles. The topological polar surface area (TPSA) is 63.2 Å². The maximum atomic E-state index is 12.8. The Kier molecular flexibility index (Phi) is 8.54. The van der Waals surface area contributed by atoms with Gasteiger partial charge in [-0.3, -0.25) is 0 Å². The van der Waals surface area contributed by atoms with Crippen molar-refractivity contribution < 1.29 is 27.2 Å². The Morgan fingerprint density at radius 2 is 1.29 bits per heavy atom. The molecule has 1 aliphatic heterocycles. The summed E-state index contributed by atoms with van der Waals surface area (Å²) in [5.74, 6) is -0.340. The molecule has 0 unspecified atom stereocenters. The third kappa shape index (κ3) is 9.79. The van der Waals surface area contributed by atoms with Crippen molar-refractivity contribution in [3.05, 3.63) is 0 Å². The van der Waals surface area contributed by atoms with Gasteiger partial charge in [-0.2, -0.15) is 0 Å². The van der Waals surface area contributed by atoms with Crippen LogP contribution in [0, 0.1) is 0 Å². The molecule has 0 amide bonds.